The third-order valence-electron chi connectivity index (χ3n) is 5.12. The van der Waals surface area contributed by atoms with E-state index in [-0.39, 0.29) is 11.5 Å². The summed E-state index contributed by atoms with van der Waals surface area (Å²) in [5, 5.41) is 21.2. The predicted octanol–water partition coefficient (Wildman–Crippen LogP) is 2.97. The maximum absolute atomic E-state index is 12.7. The number of aromatic hydroxyl groups is 1. The molecule has 1 aromatic carbocycles. The first-order valence-corrected chi connectivity index (χ1v) is 10.0. The fraction of sp³-hybridized carbons (Fsp3) is 0.190. The van der Waals surface area contributed by atoms with Gasteiger partial charge in [0.25, 0.3) is 11.5 Å². The molecule has 10 nitrogen and oxygen atoms in total. The first-order chi connectivity index (χ1) is 15.4. The highest BCUT2D eigenvalue weighted by atomic mass is 35.5. The van der Waals surface area contributed by atoms with E-state index in [0.717, 1.165) is 5.56 Å². The Morgan fingerprint density at radius 1 is 1.28 bits per heavy atom. The van der Waals surface area contributed by atoms with Crippen molar-refractivity contribution >= 4 is 23.2 Å². The van der Waals surface area contributed by atoms with Gasteiger partial charge in [0, 0.05) is 30.4 Å². The number of carbonyl (C=O) groups is 1. The molecule has 2 atom stereocenters. The second-order valence-corrected chi connectivity index (χ2v) is 7.55. The molecule has 0 aliphatic carbocycles. The topological polar surface area (TPSA) is 128 Å². The summed E-state index contributed by atoms with van der Waals surface area (Å²) in [5.74, 6) is -1.73. The highest BCUT2D eigenvalue weighted by molar-refractivity contribution is 6.31. The summed E-state index contributed by atoms with van der Waals surface area (Å²) in [6, 6.07) is 8.64. The molecule has 4 aromatic rings. The molecular weight excluding hydrogens is 436 g/mol. The first-order valence-electron chi connectivity index (χ1n) is 9.62. The molecule has 0 aliphatic heterocycles. The molecule has 0 aliphatic rings. The summed E-state index contributed by atoms with van der Waals surface area (Å²) in [7, 11) is 1.48. The SMILES string of the molecule is CC(c1nc(C(=O)Nc2cnoc2)c(O)c(=O)n1C)C(c1ccccc1Cl)n1cccn1. The van der Waals surface area contributed by atoms with Gasteiger partial charge in [0.05, 0.1) is 12.2 Å². The van der Waals surface area contributed by atoms with Crippen molar-refractivity contribution in [3.63, 3.8) is 0 Å². The molecule has 164 valence electrons. The predicted molar refractivity (Wildman–Crippen MR) is 116 cm³/mol. The van der Waals surface area contributed by atoms with Gasteiger partial charge < -0.3 is 14.9 Å². The van der Waals surface area contributed by atoms with Crippen molar-refractivity contribution in [2.45, 2.75) is 18.9 Å². The number of nitrogens with one attached hydrogen (secondary N) is 1. The second kappa shape index (κ2) is 8.67. The number of hydrogen-bond acceptors (Lipinski definition) is 7. The van der Waals surface area contributed by atoms with Gasteiger partial charge in [-0.15, -0.1) is 0 Å². The molecule has 0 radical (unpaired) electrons. The zero-order chi connectivity index (χ0) is 22.8. The lowest BCUT2D eigenvalue weighted by molar-refractivity contribution is 0.101. The van der Waals surface area contributed by atoms with Crippen LogP contribution in [0.3, 0.4) is 0 Å². The van der Waals surface area contributed by atoms with Crippen molar-refractivity contribution < 1.29 is 14.4 Å². The van der Waals surface area contributed by atoms with E-state index in [9.17, 15) is 14.7 Å². The molecule has 0 fully saturated rings. The smallest absolute Gasteiger partial charge is 0.296 e. The van der Waals surface area contributed by atoms with Gasteiger partial charge in [-0.3, -0.25) is 18.8 Å². The van der Waals surface area contributed by atoms with Crippen molar-refractivity contribution in [3.8, 4) is 5.75 Å². The van der Waals surface area contributed by atoms with E-state index in [0.29, 0.717) is 5.02 Å². The number of aromatic nitrogens is 5. The molecular formula is C21H19ClN6O4. The number of benzene rings is 1. The number of halogens is 1. The van der Waals surface area contributed by atoms with Gasteiger partial charge in [0.15, 0.2) is 5.69 Å². The minimum atomic E-state index is -0.773. The van der Waals surface area contributed by atoms with Gasteiger partial charge in [0.2, 0.25) is 5.75 Å². The first kappa shape index (κ1) is 21.3. The summed E-state index contributed by atoms with van der Waals surface area (Å²) in [6.07, 6.45) is 5.91. The second-order valence-electron chi connectivity index (χ2n) is 7.14. The number of hydrogen-bond donors (Lipinski definition) is 2. The fourth-order valence-corrected chi connectivity index (χ4v) is 3.82. The highest BCUT2D eigenvalue weighted by Gasteiger charge is 2.30. The fourth-order valence-electron chi connectivity index (χ4n) is 3.57. The minimum Gasteiger partial charge on any atom is -0.501 e. The van der Waals surface area contributed by atoms with Crippen LogP contribution in [0.5, 0.6) is 5.75 Å². The van der Waals surface area contributed by atoms with Crippen LogP contribution >= 0.6 is 11.6 Å². The maximum Gasteiger partial charge on any atom is 0.296 e. The van der Waals surface area contributed by atoms with Crippen LogP contribution in [0.2, 0.25) is 5.02 Å². The van der Waals surface area contributed by atoms with Crippen molar-refractivity contribution in [3.05, 3.63) is 87.6 Å². The Labute approximate surface area is 187 Å². The lowest BCUT2D eigenvalue weighted by atomic mass is 9.93. The molecule has 4 rings (SSSR count). The Hall–Kier alpha value is -3.92. The van der Waals surface area contributed by atoms with Crippen LogP contribution in [0.15, 0.2) is 64.5 Å². The van der Waals surface area contributed by atoms with Crippen LogP contribution in [0.1, 0.15) is 40.8 Å². The molecule has 0 saturated heterocycles. The number of rotatable bonds is 6. The summed E-state index contributed by atoms with van der Waals surface area (Å²) in [4.78, 5) is 29.8. The number of amides is 1. The Morgan fingerprint density at radius 2 is 2.06 bits per heavy atom. The van der Waals surface area contributed by atoms with Gasteiger partial charge in [-0.2, -0.15) is 5.10 Å². The van der Waals surface area contributed by atoms with E-state index in [2.05, 4.69) is 25.1 Å². The van der Waals surface area contributed by atoms with Gasteiger partial charge >= 0.3 is 0 Å². The van der Waals surface area contributed by atoms with Crippen molar-refractivity contribution in [2.24, 2.45) is 7.05 Å². The van der Waals surface area contributed by atoms with Gasteiger partial charge in [-0.05, 0) is 17.7 Å². The Bertz CT molecular complexity index is 1300. The molecule has 0 spiro atoms. The average Bonchev–Trinajstić information content (AvgIpc) is 3.48. The Morgan fingerprint density at radius 3 is 2.72 bits per heavy atom. The van der Waals surface area contributed by atoms with E-state index in [1.54, 1.807) is 29.2 Å². The van der Waals surface area contributed by atoms with E-state index < -0.39 is 34.9 Å². The summed E-state index contributed by atoms with van der Waals surface area (Å²) < 4.78 is 7.61. The van der Waals surface area contributed by atoms with E-state index in [1.165, 1.54) is 24.1 Å². The highest BCUT2D eigenvalue weighted by Crippen LogP contribution is 2.36. The third-order valence-corrected chi connectivity index (χ3v) is 5.47. The third kappa shape index (κ3) is 3.87. The van der Waals surface area contributed by atoms with Crippen LogP contribution in [-0.4, -0.2) is 35.5 Å². The summed E-state index contributed by atoms with van der Waals surface area (Å²) in [6.45, 7) is 1.84. The zero-order valence-corrected chi connectivity index (χ0v) is 17.9. The van der Waals surface area contributed by atoms with Crippen LogP contribution in [-0.2, 0) is 7.05 Å². The normalized spacial score (nSPS) is 13.0. The van der Waals surface area contributed by atoms with E-state index in [1.807, 2.05) is 25.1 Å². The Balaban J connectivity index is 1.82. The molecule has 1 amide bonds. The molecule has 32 heavy (non-hydrogen) atoms. The van der Waals surface area contributed by atoms with Gasteiger partial charge in [0.1, 0.15) is 17.8 Å². The van der Waals surface area contributed by atoms with Crippen molar-refractivity contribution in [2.75, 3.05) is 5.32 Å². The zero-order valence-electron chi connectivity index (χ0n) is 17.1. The molecule has 2 unspecified atom stereocenters. The summed E-state index contributed by atoms with van der Waals surface area (Å²) in [5.41, 5.74) is -0.134. The van der Waals surface area contributed by atoms with Crippen molar-refractivity contribution in [1.82, 2.24) is 24.5 Å². The molecule has 3 aromatic heterocycles. The number of anilines is 1. The number of nitrogens with zero attached hydrogens (tertiary/aromatic N) is 5. The standard InChI is InChI=1S/C21H19ClN6O4/c1-12(17(28-9-5-8-23-28)14-6-3-4-7-15(14)22)19-26-16(18(29)21(31)27(19)2)20(30)25-13-10-24-32-11-13/h3-12,17,29H,1-2H3,(H,25,30). The molecule has 11 heteroatoms. The lowest BCUT2D eigenvalue weighted by Crippen LogP contribution is -2.30. The lowest BCUT2D eigenvalue weighted by Gasteiger charge is -2.27. The summed E-state index contributed by atoms with van der Waals surface area (Å²) >= 11 is 6.48. The number of carbonyl (C=O) groups excluding carboxylic acids is 1. The van der Waals surface area contributed by atoms with Crippen LogP contribution < -0.4 is 10.9 Å². The maximum atomic E-state index is 12.7. The van der Waals surface area contributed by atoms with Crippen LogP contribution in [0, 0.1) is 0 Å². The molecule has 2 N–H and O–H groups in total. The average molecular weight is 455 g/mol. The molecule has 0 bridgehead atoms. The van der Waals surface area contributed by atoms with Gasteiger partial charge in [-0.1, -0.05) is 41.9 Å². The van der Waals surface area contributed by atoms with Crippen LogP contribution in [0.25, 0.3) is 0 Å². The monoisotopic (exact) mass is 454 g/mol. The molecule has 0 saturated carbocycles. The van der Waals surface area contributed by atoms with E-state index >= 15 is 0 Å². The minimum absolute atomic E-state index is 0.261. The largest absolute Gasteiger partial charge is 0.501 e. The van der Waals surface area contributed by atoms with Gasteiger partial charge in [-0.25, -0.2) is 4.98 Å². The van der Waals surface area contributed by atoms with E-state index in [4.69, 9.17) is 11.6 Å². The van der Waals surface area contributed by atoms with Crippen molar-refractivity contribution in [1.29, 1.82) is 0 Å². The Kier molecular flexibility index (Phi) is 5.78. The van der Waals surface area contributed by atoms with Crippen LogP contribution in [0.4, 0.5) is 5.69 Å². The molecule has 3 heterocycles. The quantitative estimate of drug-likeness (QED) is 0.458.